The van der Waals surface area contributed by atoms with E-state index in [2.05, 4.69) is 17.4 Å². The SMILES string of the molecule is CCCNCc1cccc(Cl)c1OCc1ccno1. The Balaban J connectivity index is 2.04. The maximum absolute atomic E-state index is 6.18. The Morgan fingerprint density at radius 3 is 3.00 bits per heavy atom. The summed E-state index contributed by atoms with van der Waals surface area (Å²) in [7, 11) is 0. The standard InChI is InChI=1S/C14H17ClN2O2/c1-2-7-16-9-11-4-3-5-13(15)14(11)18-10-12-6-8-17-19-12/h3-6,8,16H,2,7,9-10H2,1H3. The van der Waals surface area contributed by atoms with Gasteiger partial charge in [0.05, 0.1) is 11.2 Å². The zero-order valence-electron chi connectivity index (χ0n) is 10.9. The van der Waals surface area contributed by atoms with Crippen LogP contribution in [0.2, 0.25) is 5.02 Å². The van der Waals surface area contributed by atoms with Crippen LogP contribution in [0.4, 0.5) is 0 Å². The van der Waals surface area contributed by atoms with Gasteiger partial charge in [0, 0.05) is 18.2 Å². The number of para-hydroxylation sites is 1. The molecule has 0 saturated carbocycles. The van der Waals surface area contributed by atoms with Crippen LogP contribution in [-0.4, -0.2) is 11.7 Å². The van der Waals surface area contributed by atoms with Crippen LogP contribution < -0.4 is 10.1 Å². The monoisotopic (exact) mass is 280 g/mol. The van der Waals surface area contributed by atoms with E-state index in [1.807, 2.05) is 18.2 Å². The van der Waals surface area contributed by atoms with E-state index < -0.39 is 0 Å². The Bertz CT molecular complexity index is 500. The minimum Gasteiger partial charge on any atom is -0.484 e. The van der Waals surface area contributed by atoms with Crippen molar-refractivity contribution in [2.45, 2.75) is 26.5 Å². The molecule has 1 aromatic carbocycles. The first-order valence-corrected chi connectivity index (χ1v) is 6.69. The van der Waals surface area contributed by atoms with Gasteiger partial charge in [-0.15, -0.1) is 0 Å². The van der Waals surface area contributed by atoms with E-state index in [0.29, 0.717) is 23.1 Å². The summed E-state index contributed by atoms with van der Waals surface area (Å²) in [6.45, 7) is 4.16. The molecule has 1 heterocycles. The number of nitrogens with one attached hydrogen (secondary N) is 1. The maximum atomic E-state index is 6.18. The number of hydrogen-bond donors (Lipinski definition) is 1. The normalized spacial score (nSPS) is 10.6. The lowest BCUT2D eigenvalue weighted by atomic mass is 10.2. The van der Waals surface area contributed by atoms with Gasteiger partial charge in [-0.1, -0.05) is 35.8 Å². The second-order valence-corrected chi connectivity index (χ2v) is 4.58. The van der Waals surface area contributed by atoms with Crippen molar-refractivity contribution in [1.29, 1.82) is 0 Å². The molecule has 1 N–H and O–H groups in total. The molecular formula is C14H17ClN2O2. The van der Waals surface area contributed by atoms with Crippen LogP contribution >= 0.6 is 11.6 Å². The van der Waals surface area contributed by atoms with Gasteiger partial charge in [0.2, 0.25) is 0 Å². The Kier molecular flexibility index (Phi) is 5.24. The first-order valence-electron chi connectivity index (χ1n) is 6.31. The summed E-state index contributed by atoms with van der Waals surface area (Å²) in [5, 5.41) is 7.58. The summed E-state index contributed by atoms with van der Waals surface area (Å²) < 4.78 is 10.7. The molecule has 0 radical (unpaired) electrons. The first-order chi connectivity index (χ1) is 9.31. The van der Waals surface area contributed by atoms with E-state index >= 15 is 0 Å². The molecule has 0 fully saturated rings. The lowest BCUT2D eigenvalue weighted by Crippen LogP contribution is -2.14. The number of hydrogen-bond acceptors (Lipinski definition) is 4. The molecule has 2 rings (SSSR count). The molecule has 0 aliphatic heterocycles. The predicted molar refractivity (Wildman–Crippen MR) is 74.3 cm³/mol. The van der Waals surface area contributed by atoms with Crippen LogP contribution in [0.15, 0.2) is 35.0 Å². The Labute approximate surface area is 117 Å². The quantitative estimate of drug-likeness (QED) is 0.790. The molecule has 1 aromatic heterocycles. The third-order valence-electron chi connectivity index (χ3n) is 2.64. The summed E-state index contributed by atoms with van der Waals surface area (Å²) in [6.07, 6.45) is 2.68. The molecule has 102 valence electrons. The Morgan fingerprint density at radius 2 is 2.26 bits per heavy atom. The molecular weight excluding hydrogens is 264 g/mol. The van der Waals surface area contributed by atoms with Gasteiger partial charge in [-0.3, -0.25) is 0 Å². The van der Waals surface area contributed by atoms with Crippen LogP contribution in [-0.2, 0) is 13.2 Å². The van der Waals surface area contributed by atoms with E-state index in [-0.39, 0.29) is 0 Å². The molecule has 0 unspecified atom stereocenters. The molecule has 19 heavy (non-hydrogen) atoms. The number of halogens is 1. The van der Waals surface area contributed by atoms with Crippen LogP contribution in [0, 0.1) is 0 Å². The highest BCUT2D eigenvalue weighted by atomic mass is 35.5. The summed E-state index contributed by atoms with van der Waals surface area (Å²) in [5.74, 6) is 1.37. The van der Waals surface area contributed by atoms with Gasteiger partial charge in [-0.25, -0.2) is 0 Å². The van der Waals surface area contributed by atoms with Gasteiger partial charge in [0.15, 0.2) is 5.76 Å². The molecule has 2 aromatic rings. The van der Waals surface area contributed by atoms with Crippen molar-refractivity contribution in [2.75, 3.05) is 6.54 Å². The van der Waals surface area contributed by atoms with Gasteiger partial charge in [0.25, 0.3) is 0 Å². The fraction of sp³-hybridized carbons (Fsp3) is 0.357. The highest BCUT2D eigenvalue weighted by Gasteiger charge is 2.09. The number of aromatic nitrogens is 1. The molecule has 0 spiro atoms. The van der Waals surface area contributed by atoms with Crippen molar-refractivity contribution in [3.05, 3.63) is 46.8 Å². The Hall–Kier alpha value is -1.52. The van der Waals surface area contributed by atoms with Gasteiger partial charge < -0.3 is 14.6 Å². The van der Waals surface area contributed by atoms with Gasteiger partial charge in [-0.05, 0) is 19.0 Å². The molecule has 0 aliphatic carbocycles. The lowest BCUT2D eigenvalue weighted by Gasteiger charge is -2.12. The van der Waals surface area contributed by atoms with E-state index in [1.165, 1.54) is 0 Å². The summed E-state index contributed by atoms with van der Waals surface area (Å²) >= 11 is 6.18. The zero-order valence-corrected chi connectivity index (χ0v) is 11.6. The van der Waals surface area contributed by atoms with E-state index in [9.17, 15) is 0 Å². The van der Waals surface area contributed by atoms with Crippen LogP contribution in [0.1, 0.15) is 24.7 Å². The molecule has 0 bridgehead atoms. The number of nitrogens with zero attached hydrogens (tertiary/aromatic N) is 1. The molecule has 5 heteroatoms. The van der Waals surface area contributed by atoms with Gasteiger partial charge >= 0.3 is 0 Å². The Morgan fingerprint density at radius 1 is 1.37 bits per heavy atom. The smallest absolute Gasteiger partial charge is 0.174 e. The highest BCUT2D eigenvalue weighted by Crippen LogP contribution is 2.29. The molecule has 0 aliphatic rings. The van der Waals surface area contributed by atoms with Crippen molar-refractivity contribution in [1.82, 2.24) is 10.5 Å². The van der Waals surface area contributed by atoms with Crippen LogP contribution in [0.3, 0.4) is 0 Å². The third-order valence-corrected chi connectivity index (χ3v) is 2.94. The fourth-order valence-corrected chi connectivity index (χ4v) is 1.96. The predicted octanol–water partition coefficient (Wildman–Crippen LogP) is 3.41. The number of rotatable bonds is 7. The molecule has 0 saturated heterocycles. The van der Waals surface area contributed by atoms with E-state index in [1.54, 1.807) is 12.3 Å². The second-order valence-electron chi connectivity index (χ2n) is 4.17. The summed E-state index contributed by atoms with van der Waals surface area (Å²) in [4.78, 5) is 0. The van der Waals surface area contributed by atoms with Crippen molar-refractivity contribution < 1.29 is 9.26 Å². The summed E-state index contributed by atoms with van der Waals surface area (Å²) in [6, 6.07) is 7.52. The minimum absolute atomic E-state index is 0.324. The molecule has 4 nitrogen and oxygen atoms in total. The largest absolute Gasteiger partial charge is 0.484 e. The average Bonchev–Trinajstić information content (AvgIpc) is 2.91. The van der Waals surface area contributed by atoms with E-state index in [4.69, 9.17) is 20.9 Å². The second kappa shape index (κ2) is 7.16. The summed E-state index contributed by atoms with van der Waals surface area (Å²) in [5.41, 5.74) is 1.04. The number of ether oxygens (including phenoxy) is 1. The number of benzene rings is 1. The van der Waals surface area contributed by atoms with Crippen LogP contribution in [0.5, 0.6) is 5.75 Å². The van der Waals surface area contributed by atoms with Crippen LogP contribution in [0.25, 0.3) is 0 Å². The van der Waals surface area contributed by atoms with Crippen molar-refractivity contribution >= 4 is 11.6 Å². The van der Waals surface area contributed by atoms with Gasteiger partial charge in [-0.2, -0.15) is 0 Å². The molecule has 0 amide bonds. The minimum atomic E-state index is 0.324. The van der Waals surface area contributed by atoms with E-state index in [0.717, 1.165) is 25.1 Å². The van der Waals surface area contributed by atoms with Crippen molar-refractivity contribution in [3.8, 4) is 5.75 Å². The molecule has 0 atom stereocenters. The van der Waals surface area contributed by atoms with Crippen molar-refractivity contribution in [3.63, 3.8) is 0 Å². The van der Waals surface area contributed by atoms with Gasteiger partial charge in [0.1, 0.15) is 12.4 Å². The highest BCUT2D eigenvalue weighted by molar-refractivity contribution is 6.32. The van der Waals surface area contributed by atoms with Crippen molar-refractivity contribution in [2.24, 2.45) is 0 Å². The maximum Gasteiger partial charge on any atom is 0.174 e. The first kappa shape index (κ1) is 13.9. The topological polar surface area (TPSA) is 47.3 Å². The average molecular weight is 281 g/mol. The zero-order chi connectivity index (χ0) is 13.5. The fourth-order valence-electron chi connectivity index (χ4n) is 1.71. The third kappa shape index (κ3) is 3.98. The lowest BCUT2D eigenvalue weighted by molar-refractivity contribution is 0.247.